The molecule has 3 nitrogen and oxygen atoms in total. The Labute approximate surface area is 98.6 Å². The van der Waals surface area contributed by atoms with E-state index in [4.69, 9.17) is 0 Å². The molecule has 0 spiro atoms. The molecule has 1 heterocycles. The number of likely N-dealkylation sites (tertiary alicyclic amines) is 1. The number of nitrogens with one attached hydrogen (secondary N) is 1. The minimum Gasteiger partial charge on any atom is -0.341 e. The second-order valence-corrected chi connectivity index (χ2v) is 5.40. The van der Waals surface area contributed by atoms with Crippen LogP contribution in [-0.4, -0.2) is 36.0 Å². The minimum atomic E-state index is -0.00583. The number of amides is 1. The molecular formula is C13H24N2O. The zero-order valence-electron chi connectivity index (χ0n) is 10.5. The van der Waals surface area contributed by atoms with Gasteiger partial charge in [-0.25, -0.2) is 0 Å². The third-order valence-electron chi connectivity index (χ3n) is 3.88. The smallest absolute Gasteiger partial charge is 0.239 e. The molecule has 16 heavy (non-hydrogen) atoms. The van der Waals surface area contributed by atoms with Crippen molar-refractivity contribution in [2.24, 2.45) is 5.92 Å². The topological polar surface area (TPSA) is 32.3 Å². The number of piperidine rings is 1. The molecular weight excluding hydrogens is 200 g/mol. The second-order valence-electron chi connectivity index (χ2n) is 5.40. The van der Waals surface area contributed by atoms with Gasteiger partial charge in [0.15, 0.2) is 0 Å². The van der Waals surface area contributed by atoms with Gasteiger partial charge in [0.2, 0.25) is 5.91 Å². The number of hydrogen-bond donors (Lipinski definition) is 1. The van der Waals surface area contributed by atoms with E-state index in [-0.39, 0.29) is 6.04 Å². The fraction of sp³-hybridized carbons (Fsp3) is 0.923. The van der Waals surface area contributed by atoms with Crippen LogP contribution in [0.1, 0.15) is 46.0 Å². The fourth-order valence-corrected chi connectivity index (χ4v) is 2.59. The Morgan fingerprint density at radius 2 is 1.81 bits per heavy atom. The third kappa shape index (κ3) is 2.97. The van der Waals surface area contributed by atoms with E-state index in [1.165, 1.54) is 32.1 Å². The van der Waals surface area contributed by atoms with Crippen molar-refractivity contribution in [2.75, 3.05) is 13.1 Å². The summed E-state index contributed by atoms with van der Waals surface area (Å²) in [7, 11) is 0. The zero-order chi connectivity index (χ0) is 11.5. The van der Waals surface area contributed by atoms with E-state index in [2.05, 4.69) is 12.2 Å². The second kappa shape index (κ2) is 5.17. The maximum atomic E-state index is 12.1. The van der Waals surface area contributed by atoms with Gasteiger partial charge in [0.25, 0.3) is 0 Å². The molecule has 0 bridgehead atoms. The van der Waals surface area contributed by atoms with Crippen molar-refractivity contribution >= 4 is 5.91 Å². The van der Waals surface area contributed by atoms with Gasteiger partial charge < -0.3 is 10.2 Å². The van der Waals surface area contributed by atoms with Gasteiger partial charge in [-0.1, -0.05) is 0 Å². The van der Waals surface area contributed by atoms with E-state index >= 15 is 0 Å². The summed E-state index contributed by atoms with van der Waals surface area (Å²) < 4.78 is 0. The SMILES string of the molecule is CC(NC(C)C1CC1)C(=O)N1CCCCC1. The highest BCUT2D eigenvalue weighted by Crippen LogP contribution is 2.32. The molecule has 92 valence electrons. The quantitative estimate of drug-likeness (QED) is 0.789. The number of nitrogens with zero attached hydrogens (tertiary/aromatic N) is 1. The van der Waals surface area contributed by atoms with Crippen molar-refractivity contribution < 1.29 is 4.79 Å². The summed E-state index contributed by atoms with van der Waals surface area (Å²) in [6.45, 7) is 6.14. The molecule has 2 rings (SSSR count). The summed E-state index contributed by atoms with van der Waals surface area (Å²) in [5.41, 5.74) is 0. The Hall–Kier alpha value is -0.570. The Kier molecular flexibility index (Phi) is 3.85. The predicted molar refractivity (Wildman–Crippen MR) is 65.2 cm³/mol. The van der Waals surface area contributed by atoms with E-state index < -0.39 is 0 Å². The maximum absolute atomic E-state index is 12.1. The minimum absolute atomic E-state index is 0.00583. The van der Waals surface area contributed by atoms with Crippen LogP contribution in [-0.2, 0) is 4.79 Å². The van der Waals surface area contributed by atoms with Gasteiger partial charge in [0.1, 0.15) is 0 Å². The number of carbonyl (C=O) groups excluding carboxylic acids is 1. The van der Waals surface area contributed by atoms with Gasteiger partial charge in [-0.3, -0.25) is 4.79 Å². The molecule has 2 atom stereocenters. The summed E-state index contributed by atoms with van der Waals surface area (Å²) in [6.07, 6.45) is 6.30. The van der Waals surface area contributed by atoms with Gasteiger partial charge in [0.05, 0.1) is 6.04 Å². The normalized spacial score (nSPS) is 25.2. The molecule has 2 fully saturated rings. The predicted octanol–water partition coefficient (Wildman–Crippen LogP) is 1.78. The van der Waals surface area contributed by atoms with Crippen molar-refractivity contribution in [1.29, 1.82) is 0 Å². The van der Waals surface area contributed by atoms with E-state index in [9.17, 15) is 4.79 Å². The maximum Gasteiger partial charge on any atom is 0.239 e. The lowest BCUT2D eigenvalue weighted by Crippen LogP contribution is -2.49. The monoisotopic (exact) mass is 224 g/mol. The zero-order valence-corrected chi connectivity index (χ0v) is 10.5. The number of rotatable bonds is 4. The highest BCUT2D eigenvalue weighted by atomic mass is 16.2. The van der Waals surface area contributed by atoms with Crippen LogP contribution in [0.4, 0.5) is 0 Å². The first-order chi connectivity index (χ1) is 7.68. The molecule has 1 N–H and O–H groups in total. The lowest BCUT2D eigenvalue weighted by Gasteiger charge is -2.30. The van der Waals surface area contributed by atoms with Crippen LogP contribution in [0, 0.1) is 5.92 Å². The van der Waals surface area contributed by atoms with Crippen molar-refractivity contribution in [3.05, 3.63) is 0 Å². The molecule has 0 aromatic rings. The van der Waals surface area contributed by atoms with Crippen LogP contribution in [0.3, 0.4) is 0 Å². The van der Waals surface area contributed by atoms with Crippen LogP contribution in [0.15, 0.2) is 0 Å². The Balaban J connectivity index is 1.78. The number of carbonyl (C=O) groups is 1. The molecule has 2 aliphatic rings. The first-order valence-corrected chi connectivity index (χ1v) is 6.73. The molecule has 1 amide bonds. The summed E-state index contributed by atoms with van der Waals surface area (Å²) in [6, 6.07) is 0.498. The number of hydrogen-bond acceptors (Lipinski definition) is 2. The average Bonchev–Trinajstić information content (AvgIpc) is 3.13. The third-order valence-corrected chi connectivity index (χ3v) is 3.88. The van der Waals surface area contributed by atoms with Gasteiger partial charge in [-0.2, -0.15) is 0 Å². The summed E-state index contributed by atoms with van der Waals surface area (Å²) in [5.74, 6) is 1.11. The van der Waals surface area contributed by atoms with Crippen LogP contribution < -0.4 is 5.32 Å². The van der Waals surface area contributed by atoms with E-state index in [0.717, 1.165) is 19.0 Å². The largest absolute Gasteiger partial charge is 0.341 e. The molecule has 0 aromatic carbocycles. The molecule has 1 aliphatic carbocycles. The standard InChI is InChI=1S/C13H24N2O/c1-10(12-6-7-12)14-11(2)13(16)15-8-4-3-5-9-15/h10-12,14H,3-9H2,1-2H3. The first-order valence-electron chi connectivity index (χ1n) is 6.73. The lowest BCUT2D eigenvalue weighted by molar-refractivity contribution is -0.134. The molecule has 1 saturated heterocycles. The molecule has 0 aromatic heterocycles. The fourth-order valence-electron chi connectivity index (χ4n) is 2.59. The van der Waals surface area contributed by atoms with Gasteiger partial charge in [-0.05, 0) is 51.9 Å². The van der Waals surface area contributed by atoms with Crippen LogP contribution in [0.2, 0.25) is 0 Å². The summed E-state index contributed by atoms with van der Waals surface area (Å²) in [4.78, 5) is 14.2. The molecule has 2 unspecified atom stereocenters. The Morgan fingerprint density at radius 3 is 2.38 bits per heavy atom. The van der Waals surface area contributed by atoms with Crippen LogP contribution >= 0.6 is 0 Å². The Morgan fingerprint density at radius 1 is 1.19 bits per heavy atom. The van der Waals surface area contributed by atoms with E-state index in [1.54, 1.807) is 0 Å². The molecule has 1 aliphatic heterocycles. The summed E-state index contributed by atoms with van der Waals surface area (Å²) in [5, 5.41) is 3.45. The lowest BCUT2D eigenvalue weighted by atomic mass is 10.1. The van der Waals surface area contributed by atoms with Gasteiger partial charge in [0, 0.05) is 19.1 Å². The van der Waals surface area contributed by atoms with E-state index in [1.807, 2.05) is 11.8 Å². The average molecular weight is 224 g/mol. The highest BCUT2D eigenvalue weighted by molar-refractivity contribution is 5.81. The Bertz CT molecular complexity index is 244. The van der Waals surface area contributed by atoms with Crippen LogP contribution in [0.5, 0.6) is 0 Å². The van der Waals surface area contributed by atoms with Crippen molar-refractivity contribution in [1.82, 2.24) is 10.2 Å². The van der Waals surface area contributed by atoms with Gasteiger partial charge in [-0.15, -0.1) is 0 Å². The van der Waals surface area contributed by atoms with Crippen molar-refractivity contribution in [3.63, 3.8) is 0 Å². The summed E-state index contributed by atoms with van der Waals surface area (Å²) >= 11 is 0. The van der Waals surface area contributed by atoms with Crippen LogP contribution in [0.25, 0.3) is 0 Å². The van der Waals surface area contributed by atoms with Crippen molar-refractivity contribution in [3.8, 4) is 0 Å². The molecule has 0 radical (unpaired) electrons. The first kappa shape index (κ1) is 11.9. The highest BCUT2D eigenvalue weighted by Gasteiger charge is 2.31. The molecule has 3 heteroatoms. The molecule has 1 saturated carbocycles. The van der Waals surface area contributed by atoms with Crippen molar-refractivity contribution in [2.45, 2.75) is 58.0 Å². The van der Waals surface area contributed by atoms with Gasteiger partial charge >= 0.3 is 0 Å². The van der Waals surface area contributed by atoms with E-state index in [0.29, 0.717) is 11.9 Å².